The highest BCUT2D eigenvalue weighted by molar-refractivity contribution is 6.33. The van der Waals surface area contributed by atoms with Crippen LogP contribution in [0, 0.1) is 0 Å². The van der Waals surface area contributed by atoms with E-state index in [4.69, 9.17) is 21.8 Å². The SMILES string of the molecule is OCCN1CCN(c2ncc(CO)cc2Cl)CC1. The number of aliphatic hydroxyl groups excluding tert-OH is 2. The quantitative estimate of drug-likeness (QED) is 0.827. The summed E-state index contributed by atoms with van der Waals surface area (Å²) in [7, 11) is 0. The Morgan fingerprint density at radius 1 is 1.22 bits per heavy atom. The molecule has 0 aliphatic carbocycles. The number of anilines is 1. The van der Waals surface area contributed by atoms with Crippen LogP contribution in [-0.4, -0.2) is 59.4 Å². The van der Waals surface area contributed by atoms with Crippen LogP contribution in [0.25, 0.3) is 0 Å². The lowest BCUT2D eigenvalue weighted by atomic mass is 10.2. The maximum absolute atomic E-state index is 9.01. The van der Waals surface area contributed by atoms with Crippen LogP contribution < -0.4 is 4.90 Å². The molecule has 0 atom stereocenters. The largest absolute Gasteiger partial charge is 0.395 e. The lowest BCUT2D eigenvalue weighted by Gasteiger charge is -2.35. The lowest BCUT2D eigenvalue weighted by molar-refractivity contribution is 0.188. The Labute approximate surface area is 112 Å². The summed E-state index contributed by atoms with van der Waals surface area (Å²) in [4.78, 5) is 8.66. The summed E-state index contributed by atoms with van der Waals surface area (Å²) in [6.07, 6.45) is 1.65. The summed E-state index contributed by atoms with van der Waals surface area (Å²) in [5.41, 5.74) is 0.725. The third kappa shape index (κ3) is 3.11. The van der Waals surface area contributed by atoms with E-state index in [9.17, 15) is 0 Å². The van der Waals surface area contributed by atoms with E-state index in [1.165, 1.54) is 0 Å². The first-order valence-electron chi connectivity index (χ1n) is 6.08. The Hall–Kier alpha value is -0.880. The molecule has 2 N–H and O–H groups in total. The van der Waals surface area contributed by atoms with Crippen molar-refractivity contribution in [3.8, 4) is 0 Å². The van der Waals surface area contributed by atoms with Gasteiger partial charge in [-0.2, -0.15) is 0 Å². The van der Waals surface area contributed by atoms with Crippen molar-refractivity contribution in [3.63, 3.8) is 0 Å². The first-order valence-corrected chi connectivity index (χ1v) is 6.46. The number of pyridine rings is 1. The van der Waals surface area contributed by atoms with Crippen molar-refractivity contribution < 1.29 is 10.2 Å². The van der Waals surface area contributed by atoms with Gasteiger partial charge in [-0.3, -0.25) is 4.90 Å². The molecular formula is C12H18ClN3O2. The Morgan fingerprint density at radius 2 is 1.94 bits per heavy atom. The Morgan fingerprint density at radius 3 is 2.50 bits per heavy atom. The summed E-state index contributed by atoms with van der Waals surface area (Å²) in [5.74, 6) is 0.775. The zero-order chi connectivity index (χ0) is 13.0. The minimum atomic E-state index is -0.0444. The Balaban J connectivity index is 2.01. The molecule has 0 saturated carbocycles. The number of hydrogen-bond donors (Lipinski definition) is 2. The number of hydrogen-bond acceptors (Lipinski definition) is 5. The molecule has 2 heterocycles. The lowest BCUT2D eigenvalue weighted by Crippen LogP contribution is -2.47. The smallest absolute Gasteiger partial charge is 0.147 e. The normalized spacial score (nSPS) is 17.2. The minimum absolute atomic E-state index is 0.0444. The molecule has 1 aliphatic heterocycles. The average Bonchev–Trinajstić information content (AvgIpc) is 2.40. The molecule has 0 radical (unpaired) electrons. The maximum Gasteiger partial charge on any atom is 0.147 e. The van der Waals surface area contributed by atoms with Crippen LogP contribution in [-0.2, 0) is 6.61 Å². The van der Waals surface area contributed by atoms with E-state index in [0.29, 0.717) is 5.02 Å². The van der Waals surface area contributed by atoms with Crippen LogP contribution in [0.4, 0.5) is 5.82 Å². The Kier molecular flexibility index (Phi) is 4.77. The minimum Gasteiger partial charge on any atom is -0.395 e. The topological polar surface area (TPSA) is 59.8 Å². The second-order valence-corrected chi connectivity index (χ2v) is 4.77. The van der Waals surface area contributed by atoms with E-state index in [-0.39, 0.29) is 13.2 Å². The molecule has 18 heavy (non-hydrogen) atoms. The zero-order valence-electron chi connectivity index (χ0n) is 10.2. The number of rotatable bonds is 4. The van der Waals surface area contributed by atoms with Gasteiger partial charge in [0.1, 0.15) is 5.82 Å². The summed E-state index contributed by atoms with van der Waals surface area (Å²) in [6, 6.07) is 1.75. The summed E-state index contributed by atoms with van der Waals surface area (Å²) in [5, 5.41) is 18.5. The van der Waals surface area contributed by atoms with Gasteiger partial charge in [-0.15, -0.1) is 0 Å². The van der Waals surface area contributed by atoms with Crippen LogP contribution in [0.5, 0.6) is 0 Å². The fourth-order valence-corrected chi connectivity index (χ4v) is 2.42. The van der Waals surface area contributed by atoms with Crippen molar-refractivity contribution in [2.45, 2.75) is 6.61 Å². The predicted molar refractivity (Wildman–Crippen MR) is 70.9 cm³/mol. The standard InChI is InChI=1S/C12H18ClN3O2/c13-11-7-10(9-18)8-14-12(11)16-3-1-15(2-4-16)5-6-17/h7-8,17-18H,1-6,9H2. The van der Waals surface area contributed by atoms with Crippen molar-refractivity contribution >= 4 is 17.4 Å². The number of aromatic nitrogens is 1. The molecule has 6 heteroatoms. The molecule has 0 aromatic carbocycles. The number of aliphatic hydroxyl groups is 2. The highest BCUT2D eigenvalue weighted by Crippen LogP contribution is 2.25. The number of β-amino-alcohol motifs (C(OH)–C–C–N with tert-alkyl or cyclic N) is 1. The van der Waals surface area contributed by atoms with Gasteiger partial charge < -0.3 is 15.1 Å². The molecule has 1 fully saturated rings. The van der Waals surface area contributed by atoms with Crippen molar-refractivity contribution in [1.29, 1.82) is 0 Å². The van der Waals surface area contributed by atoms with E-state index in [0.717, 1.165) is 44.1 Å². The van der Waals surface area contributed by atoms with Crippen molar-refractivity contribution in [3.05, 3.63) is 22.8 Å². The second kappa shape index (κ2) is 6.33. The van der Waals surface area contributed by atoms with E-state index >= 15 is 0 Å². The molecule has 1 saturated heterocycles. The van der Waals surface area contributed by atoms with Gasteiger partial charge in [-0.05, 0) is 11.6 Å². The number of halogens is 1. The third-order valence-electron chi connectivity index (χ3n) is 3.15. The van der Waals surface area contributed by atoms with Crippen molar-refractivity contribution in [2.24, 2.45) is 0 Å². The first kappa shape index (κ1) is 13.5. The molecule has 1 aromatic rings. The van der Waals surface area contributed by atoms with Gasteiger partial charge in [-0.1, -0.05) is 11.6 Å². The van der Waals surface area contributed by atoms with Gasteiger partial charge in [0.05, 0.1) is 18.2 Å². The highest BCUT2D eigenvalue weighted by atomic mass is 35.5. The van der Waals surface area contributed by atoms with Crippen LogP contribution in [0.3, 0.4) is 0 Å². The van der Waals surface area contributed by atoms with E-state index in [2.05, 4.69) is 14.8 Å². The van der Waals surface area contributed by atoms with Crippen LogP contribution in [0.2, 0.25) is 5.02 Å². The van der Waals surface area contributed by atoms with Gasteiger partial charge in [0.25, 0.3) is 0 Å². The van der Waals surface area contributed by atoms with Gasteiger partial charge in [-0.25, -0.2) is 4.98 Å². The molecule has 2 rings (SSSR count). The van der Waals surface area contributed by atoms with Crippen LogP contribution in [0.1, 0.15) is 5.56 Å². The van der Waals surface area contributed by atoms with Crippen LogP contribution >= 0.6 is 11.6 Å². The summed E-state index contributed by atoms with van der Waals surface area (Å²) >= 11 is 6.17. The van der Waals surface area contributed by atoms with E-state index < -0.39 is 0 Å². The fraction of sp³-hybridized carbons (Fsp3) is 0.583. The fourth-order valence-electron chi connectivity index (χ4n) is 2.11. The van der Waals surface area contributed by atoms with E-state index in [1.807, 2.05) is 0 Å². The average molecular weight is 272 g/mol. The molecule has 1 aromatic heterocycles. The van der Waals surface area contributed by atoms with Crippen molar-refractivity contribution in [2.75, 3.05) is 44.2 Å². The third-order valence-corrected chi connectivity index (χ3v) is 3.43. The first-order chi connectivity index (χ1) is 8.74. The van der Waals surface area contributed by atoms with Gasteiger partial charge in [0.15, 0.2) is 0 Å². The van der Waals surface area contributed by atoms with Crippen molar-refractivity contribution in [1.82, 2.24) is 9.88 Å². The monoisotopic (exact) mass is 271 g/mol. The number of nitrogens with zero attached hydrogens (tertiary/aromatic N) is 3. The summed E-state index contributed by atoms with van der Waals surface area (Å²) < 4.78 is 0. The van der Waals surface area contributed by atoms with Gasteiger partial charge in [0.2, 0.25) is 0 Å². The molecule has 0 unspecified atom stereocenters. The second-order valence-electron chi connectivity index (χ2n) is 4.36. The molecular weight excluding hydrogens is 254 g/mol. The van der Waals surface area contributed by atoms with E-state index in [1.54, 1.807) is 12.3 Å². The summed E-state index contributed by atoms with van der Waals surface area (Å²) in [6.45, 7) is 4.39. The molecule has 0 amide bonds. The van der Waals surface area contributed by atoms with Gasteiger partial charge in [0, 0.05) is 38.9 Å². The highest BCUT2D eigenvalue weighted by Gasteiger charge is 2.19. The molecule has 0 bridgehead atoms. The molecule has 5 nitrogen and oxygen atoms in total. The zero-order valence-corrected chi connectivity index (χ0v) is 11.0. The Bertz CT molecular complexity index is 395. The maximum atomic E-state index is 9.01. The molecule has 100 valence electrons. The predicted octanol–water partition coefficient (Wildman–Crippen LogP) is 0.342. The molecule has 0 spiro atoms. The van der Waals surface area contributed by atoms with Gasteiger partial charge >= 0.3 is 0 Å². The molecule has 1 aliphatic rings. The number of piperazine rings is 1. The van der Waals surface area contributed by atoms with Crippen LogP contribution in [0.15, 0.2) is 12.3 Å².